The molecule has 0 saturated carbocycles. The second-order valence-corrected chi connectivity index (χ2v) is 4.69. The molecule has 0 saturated heterocycles. The van der Waals surface area contributed by atoms with E-state index in [1.807, 2.05) is 25.3 Å². The second kappa shape index (κ2) is 5.18. The Morgan fingerprint density at radius 2 is 2.28 bits per heavy atom. The first-order valence-electron chi connectivity index (χ1n) is 5.56. The highest BCUT2D eigenvalue weighted by Gasteiger charge is 2.13. The van der Waals surface area contributed by atoms with Gasteiger partial charge >= 0.3 is 5.97 Å². The third-order valence-corrected chi connectivity index (χ3v) is 3.22. The van der Waals surface area contributed by atoms with Crippen molar-refractivity contribution in [3.63, 3.8) is 0 Å². The molecule has 0 unspecified atom stereocenters. The van der Waals surface area contributed by atoms with Crippen LogP contribution in [-0.4, -0.2) is 16.1 Å². The number of aryl methyl sites for hydroxylation is 2. The maximum atomic E-state index is 11.1. The Hall–Kier alpha value is -1.88. The van der Waals surface area contributed by atoms with Crippen LogP contribution in [0.5, 0.6) is 10.9 Å². The van der Waals surface area contributed by atoms with Crippen LogP contribution in [-0.2, 0) is 6.42 Å². The first-order chi connectivity index (χ1) is 8.60. The molecule has 0 aliphatic carbocycles. The van der Waals surface area contributed by atoms with Crippen molar-refractivity contribution >= 4 is 17.3 Å². The Labute approximate surface area is 109 Å². The zero-order chi connectivity index (χ0) is 13.1. The molecule has 0 amide bonds. The molecule has 0 atom stereocenters. The minimum absolute atomic E-state index is 0.156. The number of carboxylic acid groups (broad SMARTS) is 1. The van der Waals surface area contributed by atoms with Crippen molar-refractivity contribution in [1.29, 1.82) is 0 Å². The van der Waals surface area contributed by atoms with E-state index >= 15 is 0 Å². The highest BCUT2D eigenvalue weighted by molar-refractivity contribution is 7.11. The predicted molar refractivity (Wildman–Crippen MR) is 69.7 cm³/mol. The number of aromatic nitrogens is 1. The molecule has 0 aliphatic rings. The highest BCUT2D eigenvalue weighted by Crippen LogP contribution is 2.28. The second-order valence-electron chi connectivity index (χ2n) is 3.87. The normalized spacial score (nSPS) is 10.3. The van der Waals surface area contributed by atoms with Crippen LogP contribution in [0.4, 0.5) is 0 Å². The Bertz CT molecular complexity index is 577. The summed E-state index contributed by atoms with van der Waals surface area (Å²) in [6, 6.07) is 5.06. The molecule has 2 aromatic rings. The molecule has 4 nitrogen and oxygen atoms in total. The molecule has 1 heterocycles. The van der Waals surface area contributed by atoms with Gasteiger partial charge in [-0.15, -0.1) is 0 Å². The van der Waals surface area contributed by atoms with Crippen molar-refractivity contribution in [3.05, 3.63) is 40.4 Å². The molecule has 0 aliphatic heterocycles. The third-order valence-electron chi connectivity index (χ3n) is 2.46. The van der Waals surface area contributed by atoms with Crippen LogP contribution in [0.2, 0.25) is 0 Å². The van der Waals surface area contributed by atoms with Crippen LogP contribution in [0.1, 0.15) is 28.5 Å². The topological polar surface area (TPSA) is 59.4 Å². The van der Waals surface area contributed by atoms with Gasteiger partial charge < -0.3 is 9.84 Å². The summed E-state index contributed by atoms with van der Waals surface area (Å²) in [4.78, 5) is 15.4. The summed E-state index contributed by atoms with van der Waals surface area (Å²) in [6.07, 6.45) is 0.833. The molecular formula is C13H13NO3S. The zero-order valence-corrected chi connectivity index (χ0v) is 11.0. The van der Waals surface area contributed by atoms with Gasteiger partial charge in [-0.25, -0.2) is 9.78 Å². The van der Waals surface area contributed by atoms with E-state index in [1.165, 1.54) is 11.3 Å². The fourth-order valence-electron chi connectivity index (χ4n) is 1.49. The summed E-state index contributed by atoms with van der Waals surface area (Å²) in [6.45, 7) is 3.85. The van der Waals surface area contributed by atoms with Gasteiger partial charge in [0.1, 0.15) is 11.3 Å². The monoisotopic (exact) mass is 263 g/mol. The van der Waals surface area contributed by atoms with Crippen molar-refractivity contribution in [2.45, 2.75) is 20.3 Å². The van der Waals surface area contributed by atoms with Gasteiger partial charge in [0.2, 0.25) is 0 Å². The first kappa shape index (κ1) is 12.6. The van der Waals surface area contributed by atoms with Gasteiger partial charge in [-0.2, -0.15) is 0 Å². The summed E-state index contributed by atoms with van der Waals surface area (Å²) < 4.78 is 5.53. The highest BCUT2D eigenvalue weighted by atomic mass is 32.1. The first-order valence-corrected chi connectivity index (χ1v) is 6.44. The number of hydrogen-bond donors (Lipinski definition) is 1. The van der Waals surface area contributed by atoms with Gasteiger partial charge in [-0.3, -0.25) is 0 Å². The zero-order valence-electron chi connectivity index (χ0n) is 10.1. The molecule has 94 valence electrons. The van der Waals surface area contributed by atoms with E-state index in [2.05, 4.69) is 4.98 Å². The summed E-state index contributed by atoms with van der Waals surface area (Å²) in [7, 11) is 0. The lowest BCUT2D eigenvalue weighted by atomic mass is 10.1. The summed E-state index contributed by atoms with van der Waals surface area (Å²) in [5.41, 5.74) is 1.98. The summed E-state index contributed by atoms with van der Waals surface area (Å²) in [5, 5.41) is 11.5. The SMILES string of the molecule is CCc1csc(Oc2ccc(C)cc2C(=O)O)n1. The van der Waals surface area contributed by atoms with E-state index in [0.29, 0.717) is 10.9 Å². The number of benzene rings is 1. The summed E-state index contributed by atoms with van der Waals surface area (Å²) in [5.74, 6) is -0.675. The smallest absolute Gasteiger partial charge is 0.339 e. The van der Waals surface area contributed by atoms with Crippen molar-refractivity contribution in [3.8, 4) is 10.9 Å². The Morgan fingerprint density at radius 3 is 2.89 bits per heavy atom. The molecule has 1 aromatic heterocycles. The average Bonchev–Trinajstić information content (AvgIpc) is 2.79. The van der Waals surface area contributed by atoms with Crippen molar-refractivity contribution in [2.24, 2.45) is 0 Å². The molecule has 0 fully saturated rings. The maximum Gasteiger partial charge on any atom is 0.339 e. The Morgan fingerprint density at radius 1 is 1.50 bits per heavy atom. The quantitative estimate of drug-likeness (QED) is 0.917. The average molecular weight is 263 g/mol. The molecule has 1 N–H and O–H groups in total. The van der Waals surface area contributed by atoms with Gasteiger partial charge in [0.15, 0.2) is 0 Å². The maximum absolute atomic E-state index is 11.1. The van der Waals surface area contributed by atoms with Crippen LogP contribution >= 0.6 is 11.3 Å². The van der Waals surface area contributed by atoms with Crippen LogP contribution in [0, 0.1) is 6.92 Å². The van der Waals surface area contributed by atoms with Crippen LogP contribution in [0.15, 0.2) is 23.6 Å². The van der Waals surface area contributed by atoms with Gasteiger partial charge in [-0.05, 0) is 25.5 Å². The Balaban J connectivity index is 2.30. The minimum Gasteiger partial charge on any atom is -0.478 e. The number of thiazole rings is 1. The van der Waals surface area contributed by atoms with Crippen molar-refractivity contribution in [1.82, 2.24) is 4.98 Å². The number of ether oxygens (including phenoxy) is 1. The standard InChI is InChI=1S/C13H13NO3S/c1-3-9-7-18-13(14-9)17-11-5-4-8(2)6-10(11)12(15)16/h4-7H,3H2,1-2H3,(H,15,16). The third kappa shape index (κ3) is 2.68. The van der Waals surface area contributed by atoms with Gasteiger partial charge in [0.05, 0.1) is 5.69 Å². The predicted octanol–water partition coefficient (Wildman–Crippen LogP) is 3.50. The lowest BCUT2D eigenvalue weighted by molar-refractivity contribution is 0.0694. The minimum atomic E-state index is -0.999. The van der Waals surface area contributed by atoms with Gasteiger partial charge in [0, 0.05) is 5.38 Å². The van der Waals surface area contributed by atoms with Gasteiger partial charge in [0.25, 0.3) is 5.19 Å². The van der Waals surface area contributed by atoms with Gasteiger partial charge in [-0.1, -0.05) is 29.9 Å². The number of carboxylic acids is 1. The van der Waals surface area contributed by atoms with E-state index in [9.17, 15) is 4.79 Å². The van der Waals surface area contributed by atoms with Crippen LogP contribution in [0.3, 0.4) is 0 Å². The van der Waals surface area contributed by atoms with E-state index in [0.717, 1.165) is 17.7 Å². The molecule has 1 aromatic carbocycles. The van der Waals surface area contributed by atoms with Crippen LogP contribution in [0.25, 0.3) is 0 Å². The Kier molecular flexibility index (Phi) is 3.62. The summed E-state index contributed by atoms with van der Waals surface area (Å²) >= 11 is 1.37. The largest absolute Gasteiger partial charge is 0.478 e. The molecule has 18 heavy (non-hydrogen) atoms. The van der Waals surface area contributed by atoms with Crippen molar-refractivity contribution in [2.75, 3.05) is 0 Å². The lowest BCUT2D eigenvalue weighted by Crippen LogP contribution is -2.00. The van der Waals surface area contributed by atoms with E-state index in [4.69, 9.17) is 9.84 Å². The number of hydrogen-bond acceptors (Lipinski definition) is 4. The lowest BCUT2D eigenvalue weighted by Gasteiger charge is -2.06. The molecule has 0 spiro atoms. The molecule has 2 rings (SSSR count). The fraction of sp³-hybridized carbons (Fsp3) is 0.231. The number of carbonyl (C=O) groups is 1. The van der Waals surface area contributed by atoms with E-state index < -0.39 is 5.97 Å². The van der Waals surface area contributed by atoms with Crippen LogP contribution < -0.4 is 4.74 Å². The number of rotatable bonds is 4. The van der Waals surface area contributed by atoms with E-state index in [1.54, 1.807) is 12.1 Å². The number of nitrogens with zero attached hydrogens (tertiary/aromatic N) is 1. The molecule has 0 bridgehead atoms. The van der Waals surface area contributed by atoms with E-state index in [-0.39, 0.29) is 5.56 Å². The molecule has 0 radical (unpaired) electrons. The fourth-order valence-corrected chi connectivity index (χ4v) is 2.26. The molecule has 5 heteroatoms. The number of aromatic carboxylic acids is 1. The van der Waals surface area contributed by atoms with Crippen molar-refractivity contribution < 1.29 is 14.6 Å². The molecular weight excluding hydrogens is 250 g/mol.